The highest BCUT2D eigenvalue weighted by Crippen LogP contribution is 2.30. The van der Waals surface area contributed by atoms with E-state index in [9.17, 15) is 0 Å². The van der Waals surface area contributed by atoms with Gasteiger partial charge in [-0.25, -0.2) is 0 Å². The number of hydrogen-bond donors (Lipinski definition) is 1. The van der Waals surface area contributed by atoms with E-state index in [1.165, 1.54) is 0 Å². The molecule has 2 aromatic rings. The van der Waals surface area contributed by atoms with Crippen molar-refractivity contribution in [3.05, 3.63) is 33.5 Å². The third-order valence-electron chi connectivity index (χ3n) is 2.54. The van der Waals surface area contributed by atoms with Gasteiger partial charge in [-0.2, -0.15) is 4.98 Å². The summed E-state index contributed by atoms with van der Waals surface area (Å²) in [4.78, 5) is 4.28. The molecule has 2 rings (SSSR count). The summed E-state index contributed by atoms with van der Waals surface area (Å²) in [5, 5.41) is 4.41. The molecule has 0 saturated heterocycles. The predicted octanol–water partition coefficient (Wildman–Crippen LogP) is 2.97. The molecular weight excluding hydrogens is 334 g/mol. The van der Waals surface area contributed by atoms with Crippen molar-refractivity contribution in [2.24, 2.45) is 5.73 Å². The Balaban J connectivity index is 2.35. The SMILES string of the molecule is COCC(C)(N)c1noc(-c2ccc(Br)cc2Cl)n1. The summed E-state index contributed by atoms with van der Waals surface area (Å²) in [7, 11) is 1.57. The standard InChI is InChI=1S/C12H13BrClN3O2/c1-12(15,6-18-2)11-16-10(19-17-11)8-4-3-7(13)5-9(8)14/h3-5H,6,15H2,1-2H3. The quantitative estimate of drug-likeness (QED) is 0.921. The van der Waals surface area contributed by atoms with Crippen LogP contribution in [0, 0.1) is 0 Å². The number of rotatable bonds is 4. The van der Waals surface area contributed by atoms with E-state index in [1.807, 2.05) is 6.07 Å². The van der Waals surface area contributed by atoms with E-state index in [4.69, 9.17) is 26.6 Å². The summed E-state index contributed by atoms with van der Waals surface area (Å²) in [6.07, 6.45) is 0. The Morgan fingerprint density at radius 3 is 2.89 bits per heavy atom. The highest BCUT2D eigenvalue weighted by molar-refractivity contribution is 9.10. The first kappa shape index (κ1) is 14.5. The molecule has 19 heavy (non-hydrogen) atoms. The van der Waals surface area contributed by atoms with Gasteiger partial charge in [0.15, 0.2) is 5.82 Å². The van der Waals surface area contributed by atoms with Crippen LogP contribution < -0.4 is 5.73 Å². The molecule has 1 heterocycles. The normalized spacial score (nSPS) is 14.4. The first-order chi connectivity index (χ1) is 8.94. The lowest BCUT2D eigenvalue weighted by Crippen LogP contribution is -2.38. The molecule has 5 nitrogen and oxygen atoms in total. The molecular formula is C12H13BrClN3O2. The highest BCUT2D eigenvalue weighted by atomic mass is 79.9. The molecule has 0 fully saturated rings. The van der Waals surface area contributed by atoms with Gasteiger partial charge in [-0.05, 0) is 25.1 Å². The van der Waals surface area contributed by atoms with Crippen molar-refractivity contribution < 1.29 is 9.26 Å². The molecule has 0 aliphatic carbocycles. The van der Waals surface area contributed by atoms with Gasteiger partial charge >= 0.3 is 0 Å². The van der Waals surface area contributed by atoms with Gasteiger partial charge in [0, 0.05) is 11.6 Å². The van der Waals surface area contributed by atoms with E-state index in [1.54, 1.807) is 26.2 Å². The fraction of sp³-hybridized carbons (Fsp3) is 0.333. The average Bonchev–Trinajstić information content (AvgIpc) is 2.78. The summed E-state index contributed by atoms with van der Waals surface area (Å²) in [6.45, 7) is 2.06. The number of aromatic nitrogens is 2. The monoisotopic (exact) mass is 345 g/mol. The summed E-state index contributed by atoms with van der Waals surface area (Å²) in [5.41, 5.74) is 5.91. The zero-order valence-corrected chi connectivity index (χ0v) is 12.8. The molecule has 1 aromatic heterocycles. The Hall–Kier alpha value is -0.950. The lowest BCUT2D eigenvalue weighted by Gasteiger charge is -2.18. The number of hydrogen-bond acceptors (Lipinski definition) is 5. The minimum atomic E-state index is -0.807. The number of methoxy groups -OCH3 is 1. The molecule has 0 saturated carbocycles. The zero-order valence-electron chi connectivity index (χ0n) is 10.5. The van der Waals surface area contributed by atoms with E-state index >= 15 is 0 Å². The Bertz CT molecular complexity index is 586. The molecule has 0 bridgehead atoms. The minimum Gasteiger partial charge on any atom is -0.382 e. The largest absolute Gasteiger partial charge is 0.382 e. The van der Waals surface area contributed by atoms with E-state index < -0.39 is 5.54 Å². The van der Waals surface area contributed by atoms with Crippen LogP contribution in [0.5, 0.6) is 0 Å². The molecule has 102 valence electrons. The van der Waals surface area contributed by atoms with E-state index in [0.29, 0.717) is 28.9 Å². The summed E-state index contributed by atoms with van der Waals surface area (Å²) < 4.78 is 11.1. The van der Waals surface area contributed by atoms with Crippen LogP contribution in [0.1, 0.15) is 12.7 Å². The fourth-order valence-corrected chi connectivity index (χ4v) is 2.35. The van der Waals surface area contributed by atoms with Crippen LogP contribution >= 0.6 is 27.5 Å². The summed E-state index contributed by atoms with van der Waals surface area (Å²) in [6, 6.07) is 5.41. The average molecular weight is 347 g/mol. The Morgan fingerprint density at radius 2 is 2.26 bits per heavy atom. The van der Waals surface area contributed by atoms with Crippen LogP contribution in [0.25, 0.3) is 11.5 Å². The van der Waals surface area contributed by atoms with Gasteiger partial charge in [0.05, 0.1) is 17.2 Å². The lowest BCUT2D eigenvalue weighted by molar-refractivity contribution is 0.135. The molecule has 7 heteroatoms. The molecule has 2 N–H and O–H groups in total. The van der Waals surface area contributed by atoms with Gasteiger partial charge < -0.3 is 15.0 Å². The molecule has 1 unspecified atom stereocenters. The maximum Gasteiger partial charge on any atom is 0.259 e. The predicted molar refractivity (Wildman–Crippen MR) is 75.9 cm³/mol. The van der Waals surface area contributed by atoms with Gasteiger partial charge in [0.25, 0.3) is 5.89 Å². The molecule has 0 aliphatic heterocycles. The number of ether oxygens (including phenoxy) is 1. The zero-order chi connectivity index (χ0) is 14.0. The van der Waals surface area contributed by atoms with Crippen molar-refractivity contribution in [3.63, 3.8) is 0 Å². The molecule has 0 amide bonds. The maximum absolute atomic E-state index is 6.14. The van der Waals surface area contributed by atoms with Crippen molar-refractivity contribution in [1.29, 1.82) is 0 Å². The molecule has 1 atom stereocenters. The third-order valence-corrected chi connectivity index (χ3v) is 3.35. The molecule has 1 aromatic carbocycles. The van der Waals surface area contributed by atoms with Crippen molar-refractivity contribution >= 4 is 27.5 Å². The van der Waals surface area contributed by atoms with Crippen LogP contribution in [-0.2, 0) is 10.3 Å². The van der Waals surface area contributed by atoms with Gasteiger partial charge in [-0.15, -0.1) is 0 Å². The van der Waals surface area contributed by atoms with Gasteiger partial charge in [-0.1, -0.05) is 32.7 Å². The highest BCUT2D eigenvalue weighted by Gasteiger charge is 2.28. The molecule has 0 radical (unpaired) electrons. The Labute approximate surface area is 124 Å². The number of nitrogens with two attached hydrogens (primary N) is 1. The number of halogens is 2. The second-order valence-electron chi connectivity index (χ2n) is 4.40. The minimum absolute atomic E-state index is 0.292. The maximum atomic E-state index is 6.14. The van der Waals surface area contributed by atoms with Gasteiger partial charge in [0.2, 0.25) is 0 Å². The van der Waals surface area contributed by atoms with Crippen LogP contribution in [0.3, 0.4) is 0 Å². The van der Waals surface area contributed by atoms with E-state index in [-0.39, 0.29) is 0 Å². The smallest absolute Gasteiger partial charge is 0.259 e. The van der Waals surface area contributed by atoms with Crippen molar-refractivity contribution in [2.45, 2.75) is 12.5 Å². The van der Waals surface area contributed by atoms with Crippen LogP contribution in [0.4, 0.5) is 0 Å². The summed E-state index contributed by atoms with van der Waals surface area (Å²) in [5.74, 6) is 0.712. The van der Waals surface area contributed by atoms with Crippen LogP contribution in [0.2, 0.25) is 5.02 Å². The second-order valence-corrected chi connectivity index (χ2v) is 5.72. The fourth-order valence-electron chi connectivity index (χ4n) is 1.59. The van der Waals surface area contributed by atoms with E-state index in [0.717, 1.165) is 4.47 Å². The van der Waals surface area contributed by atoms with Crippen LogP contribution in [0.15, 0.2) is 27.2 Å². The number of nitrogens with zero attached hydrogens (tertiary/aromatic N) is 2. The molecule has 0 aliphatic rings. The van der Waals surface area contributed by atoms with Gasteiger partial charge in [-0.3, -0.25) is 0 Å². The third kappa shape index (κ3) is 3.14. The first-order valence-electron chi connectivity index (χ1n) is 5.51. The van der Waals surface area contributed by atoms with Crippen LogP contribution in [-0.4, -0.2) is 23.9 Å². The number of benzene rings is 1. The Kier molecular flexibility index (Phi) is 4.25. The molecule has 0 spiro atoms. The van der Waals surface area contributed by atoms with Crippen molar-refractivity contribution in [3.8, 4) is 11.5 Å². The first-order valence-corrected chi connectivity index (χ1v) is 6.68. The summed E-state index contributed by atoms with van der Waals surface area (Å²) >= 11 is 9.47. The Morgan fingerprint density at radius 1 is 1.53 bits per heavy atom. The van der Waals surface area contributed by atoms with Crippen molar-refractivity contribution in [2.75, 3.05) is 13.7 Å². The van der Waals surface area contributed by atoms with E-state index in [2.05, 4.69) is 26.1 Å². The van der Waals surface area contributed by atoms with Crippen molar-refractivity contribution in [1.82, 2.24) is 10.1 Å². The topological polar surface area (TPSA) is 74.2 Å². The second kappa shape index (κ2) is 5.58. The van der Waals surface area contributed by atoms with Gasteiger partial charge in [0.1, 0.15) is 5.54 Å². The lowest BCUT2D eigenvalue weighted by atomic mass is 10.1.